The Morgan fingerprint density at radius 3 is 1.96 bits per heavy atom. The summed E-state index contributed by atoms with van der Waals surface area (Å²) in [4.78, 5) is 14.6. The average molecular weight is 359 g/mol. The summed E-state index contributed by atoms with van der Waals surface area (Å²) >= 11 is 0. The molecule has 1 fully saturated rings. The molecule has 0 bridgehead atoms. The first-order valence-corrected chi connectivity index (χ1v) is 10.1. The van der Waals surface area contributed by atoms with Gasteiger partial charge in [-0.3, -0.25) is 9.36 Å². The highest BCUT2D eigenvalue weighted by atomic mass is 31.2. The number of hydrogen-bond donors (Lipinski definition) is 0. The van der Waals surface area contributed by atoms with Gasteiger partial charge in [-0.1, -0.05) is 48.5 Å². The lowest BCUT2D eigenvalue weighted by Gasteiger charge is -2.48. The molecule has 3 rings (SSSR count). The molecule has 1 amide bonds. The highest BCUT2D eigenvalue weighted by Crippen LogP contribution is 2.63. The van der Waals surface area contributed by atoms with Crippen LogP contribution in [0.25, 0.3) is 0 Å². The van der Waals surface area contributed by atoms with E-state index < -0.39 is 13.3 Å². The van der Waals surface area contributed by atoms with Gasteiger partial charge in [-0.15, -0.1) is 0 Å². The standard InChI is InChI=1S/C19H22NO4P/c1-3-23-25(22,24-4-2)18-17(15-11-7-5-8-12-15)20(19(18)21)16-13-9-6-10-14-16/h5-14,17-18H,3-4H2,1-2H3/t17-,18-/m0/s1. The first kappa shape index (κ1) is 17.9. The van der Waals surface area contributed by atoms with Crippen molar-refractivity contribution in [3.05, 3.63) is 66.2 Å². The minimum Gasteiger partial charge on any atom is -0.308 e. The Bertz CT molecular complexity index is 756. The molecule has 0 N–H and O–H groups in total. The van der Waals surface area contributed by atoms with E-state index in [2.05, 4.69) is 0 Å². The van der Waals surface area contributed by atoms with Crippen molar-refractivity contribution in [2.45, 2.75) is 25.5 Å². The summed E-state index contributed by atoms with van der Waals surface area (Å²) in [6.45, 7) is 3.96. The van der Waals surface area contributed by atoms with Gasteiger partial charge in [-0.05, 0) is 31.5 Å². The molecular weight excluding hydrogens is 337 g/mol. The van der Waals surface area contributed by atoms with Crippen molar-refractivity contribution in [1.29, 1.82) is 0 Å². The van der Waals surface area contributed by atoms with Crippen LogP contribution in [0.2, 0.25) is 0 Å². The molecule has 132 valence electrons. The van der Waals surface area contributed by atoms with Crippen LogP contribution in [-0.4, -0.2) is 24.8 Å². The molecule has 1 aliphatic heterocycles. The third kappa shape index (κ3) is 3.28. The Labute approximate surface area is 148 Å². The number of hydrogen-bond acceptors (Lipinski definition) is 4. The monoisotopic (exact) mass is 359 g/mol. The van der Waals surface area contributed by atoms with E-state index in [1.807, 2.05) is 60.7 Å². The Hall–Kier alpha value is -1.94. The molecule has 0 saturated carbocycles. The molecule has 1 aliphatic rings. The number of benzene rings is 2. The van der Waals surface area contributed by atoms with Gasteiger partial charge in [0.15, 0.2) is 5.66 Å². The lowest BCUT2D eigenvalue weighted by atomic mass is 9.92. The van der Waals surface area contributed by atoms with Gasteiger partial charge in [-0.25, -0.2) is 0 Å². The molecule has 1 saturated heterocycles. The molecular formula is C19H22NO4P. The minimum atomic E-state index is -3.55. The van der Waals surface area contributed by atoms with E-state index in [-0.39, 0.29) is 25.2 Å². The van der Waals surface area contributed by atoms with Crippen LogP contribution in [-0.2, 0) is 18.4 Å². The molecule has 5 nitrogen and oxygen atoms in total. The maximum atomic E-state index is 13.3. The molecule has 0 unspecified atom stereocenters. The largest absolute Gasteiger partial charge is 0.345 e. The zero-order valence-corrected chi connectivity index (χ0v) is 15.3. The summed E-state index contributed by atoms with van der Waals surface area (Å²) in [7, 11) is -3.55. The normalized spacial score (nSPS) is 20.4. The zero-order valence-electron chi connectivity index (χ0n) is 14.4. The number of para-hydroxylation sites is 1. The first-order chi connectivity index (χ1) is 12.1. The topological polar surface area (TPSA) is 55.8 Å². The van der Waals surface area contributed by atoms with Crippen LogP contribution < -0.4 is 4.90 Å². The number of rotatable bonds is 7. The van der Waals surface area contributed by atoms with Crippen molar-refractivity contribution in [2.24, 2.45) is 0 Å². The van der Waals surface area contributed by atoms with Gasteiger partial charge in [-0.2, -0.15) is 0 Å². The molecule has 0 aliphatic carbocycles. The van der Waals surface area contributed by atoms with Crippen molar-refractivity contribution >= 4 is 19.2 Å². The second kappa shape index (κ2) is 7.52. The molecule has 6 heteroatoms. The van der Waals surface area contributed by atoms with Gasteiger partial charge >= 0.3 is 7.60 Å². The van der Waals surface area contributed by atoms with Crippen LogP contribution in [0.1, 0.15) is 25.5 Å². The summed E-state index contributed by atoms with van der Waals surface area (Å²) in [6, 6.07) is 18.6. The summed E-state index contributed by atoms with van der Waals surface area (Å²) < 4.78 is 24.2. The van der Waals surface area contributed by atoms with Crippen molar-refractivity contribution < 1.29 is 18.4 Å². The fourth-order valence-corrected chi connectivity index (χ4v) is 5.36. The number of carbonyl (C=O) groups excluding carboxylic acids is 1. The van der Waals surface area contributed by atoms with Gasteiger partial charge in [0.25, 0.3) is 0 Å². The predicted molar refractivity (Wildman–Crippen MR) is 97.8 cm³/mol. The Morgan fingerprint density at radius 2 is 1.44 bits per heavy atom. The van der Waals surface area contributed by atoms with E-state index in [1.165, 1.54) is 0 Å². The third-order valence-electron chi connectivity index (χ3n) is 4.20. The zero-order chi connectivity index (χ0) is 17.9. The van der Waals surface area contributed by atoms with E-state index in [4.69, 9.17) is 9.05 Å². The van der Waals surface area contributed by atoms with Crippen molar-refractivity contribution in [1.82, 2.24) is 0 Å². The third-order valence-corrected chi connectivity index (χ3v) is 6.62. The molecule has 1 heterocycles. The first-order valence-electron chi connectivity index (χ1n) is 8.44. The van der Waals surface area contributed by atoms with E-state index in [0.29, 0.717) is 0 Å². The molecule has 0 radical (unpaired) electrons. The molecule has 2 atom stereocenters. The van der Waals surface area contributed by atoms with Gasteiger partial charge in [0.1, 0.15) is 0 Å². The fraction of sp³-hybridized carbons (Fsp3) is 0.316. The van der Waals surface area contributed by atoms with Crippen molar-refractivity contribution in [2.75, 3.05) is 18.1 Å². The quantitative estimate of drug-likeness (QED) is 0.543. The van der Waals surface area contributed by atoms with Gasteiger partial charge < -0.3 is 13.9 Å². The molecule has 25 heavy (non-hydrogen) atoms. The Balaban J connectivity index is 2.03. The van der Waals surface area contributed by atoms with E-state index in [9.17, 15) is 9.36 Å². The SMILES string of the molecule is CCOP(=O)(OCC)[C@@H]1C(=O)N(c2ccccc2)[C@H]1c1ccccc1. The predicted octanol–water partition coefficient (Wildman–Crippen LogP) is 4.41. The lowest BCUT2D eigenvalue weighted by Crippen LogP contribution is -2.59. The summed E-state index contributed by atoms with van der Waals surface area (Å²) in [6.07, 6.45) is 0. The second-order valence-corrected chi connectivity index (χ2v) is 7.87. The number of amides is 1. The number of carbonyl (C=O) groups is 1. The summed E-state index contributed by atoms with van der Waals surface area (Å²) in [5.74, 6) is -0.231. The fourth-order valence-electron chi connectivity index (χ4n) is 3.20. The maximum absolute atomic E-state index is 13.3. The maximum Gasteiger partial charge on any atom is 0.345 e. The molecule has 0 spiro atoms. The van der Waals surface area contributed by atoms with Crippen molar-refractivity contribution in [3.8, 4) is 0 Å². The number of nitrogens with zero attached hydrogens (tertiary/aromatic N) is 1. The second-order valence-electron chi connectivity index (χ2n) is 5.72. The van der Waals surface area contributed by atoms with Gasteiger partial charge in [0, 0.05) is 5.69 Å². The Morgan fingerprint density at radius 1 is 0.920 bits per heavy atom. The van der Waals surface area contributed by atoms with Crippen LogP contribution in [0, 0.1) is 0 Å². The molecule has 2 aromatic carbocycles. The van der Waals surface area contributed by atoms with E-state index in [0.717, 1.165) is 11.3 Å². The molecule has 0 aromatic heterocycles. The number of anilines is 1. The minimum absolute atomic E-state index is 0.230. The average Bonchev–Trinajstić information content (AvgIpc) is 2.61. The van der Waals surface area contributed by atoms with Crippen LogP contribution in [0.4, 0.5) is 5.69 Å². The smallest absolute Gasteiger partial charge is 0.308 e. The Kier molecular flexibility index (Phi) is 5.38. The van der Waals surface area contributed by atoms with Gasteiger partial charge in [0.05, 0.1) is 19.3 Å². The van der Waals surface area contributed by atoms with Crippen molar-refractivity contribution in [3.63, 3.8) is 0 Å². The highest BCUT2D eigenvalue weighted by molar-refractivity contribution is 7.56. The highest BCUT2D eigenvalue weighted by Gasteiger charge is 2.59. The van der Waals surface area contributed by atoms with Crippen LogP contribution in [0.3, 0.4) is 0 Å². The lowest BCUT2D eigenvalue weighted by molar-refractivity contribution is -0.124. The van der Waals surface area contributed by atoms with E-state index >= 15 is 0 Å². The van der Waals surface area contributed by atoms with Crippen LogP contribution in [0.5, 0.6) is 0 Å². The summed E-state index contributed by atoms with van der Waals surface area (Å²) in [5, 5.41) is 0. The summed E-state index contributed by atoms with van der Waals surface area (Å²) in [5.41, 5.74) is 0.864. The van der Waals surface area contributed by atoms with Crippen LogP contribution in [0.15, 0.2) is 60.7 Å². The molecule has 2 aromatic rings. The van der Waals surface area contributed by atoms with Gasteiger partial charge in [0.2, 0.25) is 5.91 Å². The van der Waals surface area contributed by atoms with Crippen LogP contribution >= 0.6 is 7.60 Å². The number of β-lactam (4-membered cyclic amide) rings is 1. The van der Waals surface area contributed by atoms with E-state index in [1.54, 1.807) is 18.7 Å².